The second-order valence-electron chi connectivity index (χ2n) is 10.5. The Morgan fingerprint density at radius 3 is 2.02 bits per heavy atom. The second-order valence-corrected chi connectivity index (χ2v) is 10.5. The van der Waals surface area contributed by atoms with Crippen molar-refractivity contribution in [3.8, 4) is 0 Å². The molecule has 0 saturated carbocycles. The van der Waals surface area contributed by atoms with Gasteiger partial charge in [0, 0.05) is 24.5 Å². The SMILES string of the molecule is CC=O.CCC(C)CCC(=O)C(C)CC.CCCCCCCOCCOCC(=O)Nc1cccc(C(C)=O)c1C(C)=O. The number of hydrogen-bond acceptors (Lipinski definition) is 7. The molecule has 42 heavy (non-hydrogen) atoms. The van der Waals surface area contributed by atoms with Crippen LogP contribution in [0.1, 0.15) is 134 Å². The molecule has 2 atom stereocenters. The second kappa shape index (κ2) is 27.1. The molecule has 0 bridgehead atoms. The van der Waals surface area contributed by atoms with E-state index in [1.54, 1.807) is 18.2 Å². The lowest BCUT2D eigenvalue weighted by molar-refractivity contribution is -0.123. The molecule has 0 aliphatic carbocycles. The maximum absolute atomic E-state index is 12.0. The van der Waals surface area contributed by atoms with Crippen molar-refractivity contribution in [2.24, 2.45) is 11.8 Å². The van der Waals surface area contributed by atoms with Crippen molar-refractivity contribution in [3.05, 3.63) is 29.3 Å². The highest BCUT2D eigenvalue weighted by molar-refractivity contribution is 6.12. The van der Waals surface area contributed by atoms with Gasteiger partial charge in [-0.15, -0.1) is 0 Å². The number of ketones is 3. The summed E-state index contributed by atoms with van der Waals surface area (Å²) in [5.41, 5.74) is 0.852. The predicted molar refractivity (Wildman–Crippen MR) is 170 cm³/mol. The molecular weight excluding hydrogens is 534 g/mol. The van der Waals surface area contributed by atoms with Gasteiger partial charge in [0.2, 0.25) is 5.91 Å². The van der Waals surface area contributed by atoms with Crippen LogP contribution >= 0.6 is 0 Å². The first-order chi connectivity index (χ1) is 20.0. The average molecular weight is 592 g/mol. The molecule has 0 aliphatic rings. The number of aldehydes is 1. The van der Waals surface area contributed by atoms with Crippen LogP contribution in [0.2, 0.25) is 0 Å². The fraction of sp³-hybridized carbons (Fsp3) is 0.676. The molecule has 8 heteroatoms. The topological polar surface area (TPSA) is 116 Å². The summed E-state index contributed by atoms with van der Waals surface area (Å²) in [4.78, 5) is 55.8. The van der Waals surface area contributed by atoms with E-state index in [2.05, 4.69) is 33.0 Å². The van der Waals surface area contributed by atoms with Crippen LogP contribution in [-0.4, -0.2) is 56.0 Å². The number of rotatable bonds is 20. The Morgan fingerprint density at radius 2 is 1.48 bits per heavy atom. The molecule has 0 aliphatic heterocycles. The number of Topliss-reactive ketones (excluding diaryl/α,β-unsaturated/α-hetero) is 3. The summed E-state index contributed by atoms with van der Waals surface area (Å²) >= 11 is 0. The van der Waals surface area contributed by atoms with E-state index in [-0.39, 0.29) is 35.6 Å². The molecule has 0 heterocycles. The van der Waals surface area contributed by atoms with E-state index in [0.717, 1.165) is 32.0 Å². The number of carbonyl (C=O) groups is 5. The summed E-state index contributed by atoms with van der Waals surface area (Å²) in [6.07, 6.45) is 10.7. The quantitative estimate of drug-likeness (QED) is 0.0939. The molecule has 8 nitrogen and oxygen atoms in total. The highest BCUT2D eigenvalue weighted by Gasteiger charge is 2.17. The normalized spacial score (nSPS) is 11.6. The number of benzene rings is 1. The highest BCUT2D eigenvalue weighted by atomic mass is 16.5. The van der Waals surface area contributed by atoms with E-state index < -0.39 is 0 Å². The van der Waals surface area contributed by atoms with Crippen LogP contribution in [0.25, 0.3) is 0 Å². The van der Waals surface area contributed by atoms with Crippen LogP contribution in [0, 0.1) is 11.8 Å². The molecule has 0 fully saturated rings. The average Bonchev–Trinajstić information content (AvgIpc) is 2.96. The minimum absolute atomic E-state index is 0.137. The molecule has 1 amide bonds. The van der Waals surface area contributed by atoms with Crippen molar-refractivity contribution in [1.82, 2.24) is 0 Å². The van der Waals surface area contributed by atoms with Crippen LogP contribution in [0.4, 0.5) is 5.69 Å². The summed E-state index contributed by atoms with van der Waals surface area (Å²) in [7, 11) is 0. The van der Waals surface area contributed by atoms with Gasteiger partial charge in [-0.25, -0.2) is 0 Å². The standard InChI is InChI=1S/C21H31NO5.C11H22O.C2H4O/c1-4-5-6-7-8-12-26-13-14-27-15-20(25)22-19-11-9-10-18(16(2)23)21(19)17(3)24;1-5-9(3)7-8-11(12)10(4)6-2;1-2-3/h9-11H,4-8,12-15H2,1-3H3,(H,22,25);9-10H,5-8H2,1-4H3;2H,1H3. The largest absolute Gasteiger partial charge is 0.379 e. The van der Waals surface area contributed by atoms with Crippen molar-refractivity contribution in [3.63, 3.8) is 0 Å². The number of nitrogens with one attached hydrogen (secondary N) is 1. The van der Waals surface area contributed by atoms with Crippen LogP contribution in [0.15, 0.2) is 18.2 Å². The maximum atomic E-state index is 12.0. The summed E-state index contributed by atoms with van der Waals surface area (Å²) in [5, 5.41) is 2.64. The lowest BCUT2D eigenvalue weighted by atomic mass is 9.95. The fourth-order valence-corrected chi connectivity index (χ4v) is 3.77. The number of anilines is 1. The van der Waals surface area contributed by atoms with Gasteiger partial charge in [-0.05, 0) is 52.0 Å². The minimum Gasteiger partial charge on any atom is -0.379 e. The zero-order chi connectivity index (χ0) is 32.3. The summed E-state index contributed by atoms with van der Waals surface area (Å²) in [6.45, 7) is 16.2. The number of hydrogen-bond donors (Lipinski definition) is 1. The highest BCUT2D eigenvalue weighted by Crippen LogP contribution is 2.21. The molecular formula is C34H57NO7. The van der Waals surface area contributed by atoms with Gasteiger partial charge in [0.05, 0.1) is 24.5 Å². The molecule has 0 spiro atoms. The zero-order valence-corrected chi connectivity index (χ0v) is 27.5. The lowest BCUT2D eigenvalue weighted by Crippen LogP contribution is -2.21. The number of amides is 1. The Hall–Kier alpha value is -2.71. The first-order valence-corrected chi connectivity index (χ1v) is 15.5. The third-order valence-electron chi connectivity index (χ3n) is 6.81. The van der Waals surface area contributed by atoms with Gasteiger partial charge in [-0.2, -0.15) is 0 Å². The lowest BCUT2D eigenvalue weighted by Gasteiger charge is -2.12. The van der Waals surface area contributed by atoms with Crippen LogP contribution in [-0.2, 0) is 23.9 Å². The van der Waals surface area contributed by atoms with E-state index in [4.69, 9.17) is 14.3 Å². The number of unbranched alkanes of at least 4 members (excludes halogenated alkanes) is 4. The Kier molecular flexibility index (Phi) is 26.8. The van der Waals surface area contributed by atoms with Gasteiger partial charge >= 0.3 is 0 Å². The molecule has 1 N–H and O–H groups in total. The van der Waals surface area contributed by atoms with Gasteiger partial charge < -0.3 is 19.6 Å². The monoisotopic (exact) mass is 591 g/mol. The summed E-state index contributed by atoms with van der Waals surface area (Å²) in [6, 6.07) is 4.81. The van der Waals surface area contributed by atoms with Crippen molar-refractivity contribution < 1.29 is 33.4 Å². The molecule has 0 radical (unpaired) electrons. The Balaban J connectivity index is 0. The minimum atomic E-state index is -0.377. The van der Waals surface area contributed by atoms with E-state index in [1.807, 2.05) is 6.92 Å². The molecule has 1 aromatic rings. The van der Waals surface area contributed by atoms with Gasteiger partial charge in [0.15, 0.2) is 11.6 Å². The molecule has 2 unspecified atom stereocenters. The van der Waals surface area contributed by atoms with Crippen molar-refractivity contribution in [2.75, 3.05) is 31.7 Å². The Bertz CT molecular complexity index is 913. The molecule has 1 rings (SSSR count). The third-order valence-corrected chi connectivity index (χ3v) is 6.81. The Morgan fingerprint density at radius 1 is 0.857 bits per heavy atom. The zero-order valence-electron chi connectivity index (χ0n) is 27.5. The summed E-state index contributed by atoms with van der Waals surface area (Å²) < 4.78 is 10.8. The van der Waals surface area contributed by atoms with Gasteiger partial charge in [0.25, 0.3) is 0 Å². The molecule has 0 aromatic heterocycles. The van der Waals surface area contributed by atoms with E-state index in [9.17, 15) is 19.2 Å². The predicted octanol–water partition coefficient (Wildman–Crippen LogP) is 7.67. The maximum Gasteiger partial charge on any atom is 0.250 e. The first-order valence-electron chi connectivity index (χ1n) is 15.5. The number of ether oxygens (including phenoxy) is 2. The van der Waals surface area contributed by atoms with E-state index in [1.165, 1.54) is 52.9 Å². The van der Waals surface area contributed by atoms with Gasteiger partial charge in [-0.3, -0.25) is 19.2 Å². The molecule has 0 saturated heterocycles. The van der Waals surface area contributed by atoms with E-state index >= 15 is 0 Å². The molecule has 240 valence electrons. The van der Waals surface area contributed by atoms with Crippen molar-refractivity contribution in [1.29, 1.82) is 0 Å². The fourth-order valence-electron chi connectivity index (χ4n) is 3.77. The summed E-state index contributed by atoms with van der Waals surface area (Å²) in [5.74, 6) is 0.548. The smallest absolute Gasteiger partial charge is 0.250 e. The van der Waals surface area contributed by atoms with Crippen LogP contribution in [0.3, 0.4) is 0 Å². The van der Waals surface area contributed by atoms with E-state index in [0.29, 0.717) is 42.8 Å². The Labute approximate surface area is 254 Å². The third kappa shape index (κ3) is 21.1. The van der Waals surface area contributed by atoms with Crippen LogP contribution < -0.4 is 5.32 Å². The van der Waals surface area contributed by atoms with Crippen LogP contribution in [0.5, 0.6) is 0 Å². The number of carbonyl (C=O) groups excluding carboxylic acids is 5. The van der Waals surface area contributed by atoms with Crippen molar-refractivity contribution >= 4 is 35.2 Å². The van der Waals surface area contributed by atoms with Gasteiger partial charge in [-0.1, -0.05) is 78.9 Å². The first kappa shape index (κ1) is 41.4. The van der Waals surface area contributed by atoms with Gasteiger partial charge in [0.1, 0.15) is 18.7 Å². The molecule has 1 aromatic carbocycles. The van der Waals surface area contributed by atoms with Crippen molar-refractivity contribution in [2.45, 2.75) is 113 Å².